The summed E-state index contributed by atoms with van der Waals surface area (Å²) in [7, 11) is 5.10. The SMILES string of the molecule is COc1ccc(CCNC(=O)c2cc3oc4ccccc4c3n2C)cc1OC. The van der Waals surface area contributed by atoms with Crippen molar-refractivity contribution >= 4 is 28.0 Å². The van der Waals surface area contributed by atoms with Crippen LogP contribution in [0, 0.1) is 0 Å². The molecular formula is C22H22N2O4. The van der Waals surface area contributed by atoms with Crippen LogP contribution in [0.4, 0.5) is 0 Å². The Hall–Kier alpha value is -3.41. The number of methoxy groups -OCH3 is 2. The van der Waals surface area contributed by atoms with Gasteiger partial charge in [-0.1, -0.05) is 18.2 Å². The molecule has 1 N–H and O–H groups in total. The average Bonchev–Trinajstić information content (AvgIpc) is 3.24. The maximum absolute atomic E-state index is 12.7. The number of amides is 1. The van der Waals surface area contributed by atoms with Gasteiger partial charge in [-0.25, -0.2) is 0 Å². The number of aromatic nitrogens is 1. The van der Waals surface area contributed by atoms with Gasteiger partial charge in [-0.05, 0) is 36.2 Å². The number of ether oxygens (including phenoxy) is 2. The topological polar surface area (TPSA) is 65.6 Å². The molecular weight excluding hydrogens is 356 g/mol. The van der Waals surface area contributed by atoms with E-state index in [1.807, 2.05) is 54.1 Å². The van der Waals surface area contributed by atoms with E-state index in [9.17, 15) is 4.79 Å². The summed E-state index contributed by atoms with van der Waals surface area (Å²) in [6.07, 6.45) is 0.690. The molecule has 2 heterocycles. The third kappa shape index (κ3) is 3.07. The van der Waals surface area contributed by atoms with Crippen LogP contribution in [-0.2, 0) is 13.5 Å². The Morgan fingerprint density at radius 2 is 1.82 bits per heavy atom. The number of para-hydroxylation sites is 1. The predicted molar refractivity (Wildman–Crippen MR) is 108 cm³/mol. The molecule has 0 unspecified atom stereocenters. The molecule has 28 heavy (non-hydrogen) atoms. The van der Waals surface area contributed by atoms with Gasteiger partial charge in [0.2, 0.25) is 0 Å². The zero-order valence-corrected chi connectivity index (χ0v) is 16.1. The van der Waals surface area contributed by atoms with Gasteiger partial charge in [0.15, 0.2) is 17.1 Å². The summed E-state index contributed by atoms with van der Waals surface area (Å²) < 4.78 is 18.3. The van der Waals surface area contributed by atoms with Gasteiger partial charge in [-0.2, -0.15) is 0 Å². The number of nitrogens with one attached hydrogen (secondary N) is 1. The molecule has 4 rings (SSSR count). The number of aryl methyl sites for hydroxylation is 1. The van der Waals surface area contributed by atoms with Gasteiger partial charge in [-0.3, -0.25) is 4.79 Å². The number of fused-ring (bicyclic) bond motifs is 3. The minimum absolute atomic E-state index is 0.126. The molecule has 2 aromatic carbocycles. The zero-order valence-electron chi connectivity index (χ0n) is 16.1. The second-order valence-electron chi connectivity index (χ2n) is 6.59. The van der Waals surface area contributed by atoms with Crippen LogP contribution in [0.5, 0.6) is 11.5 Å². The third-order valence-corrected chi connectivity index (χ3v) is 4.94. The fraction of sp³-hybridized carbons (Fsp3) is 0.227. The molecule has 0 aliphatic heterocycles. The lowest BCUT2D eigenvalue weighted by atomic mass is 10.1. The first-order valence-electron chi connectivity index (χ1n) is 9.08. The van der Waals surface area contributed by atoms with Gasteiger partial charge in [0.1, 0.15) is 11.3 Å². The van der Waals surface area contributed by atoms with E-state index in [1.165, 1.54) is 0 Å². The molecule has 0 radical (unpaired) electrons. The molecule has 0 atom stereocenters. The Kier molecular flexibility index (Phi) is 4.69. The van der Waals surface area contributed by atoms with Crippen molar-refractivity contribution in [2.24, 2.45) is 7.05 Å². The lowest BCUT2D eigenvalue weighted by Crippen LogP contribution is -2.27. The van der Waals surface area contributed by atoms with E-state index in [1.54, 1.807) is 20.3 Å². The van der Waals surface area contributed by atoms with Crippen molar-refractivity contribution in [1.29, 1.82) is 0 Å². The highest BCUT2D eigenvalue weighted by Gasteiger charge is 2.18. The van der Waals surface area contributed by atoms with Crippen molar-refractivity contribution < 1.29 is 18.7 Å². The maximum atomic E-state index is 12.7. The standard InChI is InChI=1S/C22H22N2O4/c1-24-16(13-20-21(24)15-6-4-5-7-17(15)28-20)22(25)23-11-10-14-8-9-18(26-2)19(12-14)27-3/h4-9,12-13H,10-11H2,1-3H3,(H,23,25). The molecule has 144 valence electrons. The van der Waals surface area contributed by atoms with Crippen molar-refractivity contribution in [2.75, 3.05) is 20.8 Å². The van der Waals surface area contributed by atoms with Gasteiger partial charge in [-0.15, -0.1) is 0 Å². The molecule has 0 spiro atoms. The molecule has 2 aromatic heterocycles. The summed E-state index contributed by atoms with van der Waals surface area (Å²) in [5.74, 6) is 1.24. The summed E-state index contributed by atoms with van der Waals surface area (Å²) in [5, 5.41) is 3.98. The lowest BCUT2D eigenvalue weighted by Gasteiger charge is -2.10. The smallest absolute Gasteiger partial charge is 0.268 e. The van der Waals surface area contributed by atoms with Crippen LogP contribution in [0.1, 0.15) is 16.1 Å². The van der Waals surface area contributed by atoms with Crippen LogP contribution in [-0.4, -0.2) is 31.2 Å². The Bertz CT molecular complexity index is 1160. The van der Waals surface area contributed by atoms with E-state index in [0.717, 1.165) is 22.0 Å². The lowest BCUT2D eigenvalue weighted by molar-refractivity contribution is 0.0946. The minimum atomic E-state index is -0.126. The van der Waals surface area contributed by atoms with Gasteiger partial charge in [0.25, 0.3) is 5.91 Å². The number of hydrogen-bond donors (Lipinski definition) is 1. The van der Waals surface area contributed by atoms with E-state index >= 15 is 0 Å². The first-order chi connectivity index (χ1) is 13.6. The van der Waals surface area contributed by atoms with E-state index in [-0.39, 0.29) is 5.91 Å². The van der Waals surface area contributed by atoms with Crippen molar-refractivity contribution in [3.63, 3.8) is 0 Å². The summed E-state index contributed by atoms with van der Waals surface area (Å²) in [6, 6.07) is 15.4. The molecule has 0 aliphatic rings. The zero-order chi connectivity index (χ0) is 19.7. The van der Waals surface area contributed by atoms with Crippen molar-refractivity contribution in [3.8, 4) is 11.5 Å². The third-order valence-electron chi connectivity index (χ3n) is 4.94. The Morgan fingerprint density at radius 3 is 2.61 bits per heavy atom. The Labute approximate surface area is 162 Å². The highest BCUT2D eigenvalue weighted by atomic mass is 16.5. The highest BCUT2D eigenvalue weighted by molar-refractivity contribution is 6.07. The monoisotopic (exact) mass is 378 g/mol. The quantitative estimate of drug-likeness (QED) is 0.552. The first-order valence-corrected chi connectivity index (χ1v) is 9.08. The van der Waals surface area contributed by atoms with Crippen molar-refractivity contribution in [1.82, 2.24) is 9.88 Å². The van der Waals surface area contributed by atoms with Crippen LogP contribution in [0.3, 0.4) is 0 Å². The number of carbonyl (C=O) groups excluding carboxylic acids is 1. The number of furan rings is 1. The molecule has 0 saturated carbocycles. The number of hydrogen-bond acceptors (Lipinski definition) is 4. The second-order valence-corrected chi connectivity index (χ2v) is 6.59. The fourth-order valence-electron chi connectivity index (χ4n) is 3.50. The van der Waals surface area contributed by atoms with Gasteiger partial charge >= 0.3 is 0 Å². The molecule has 0 fully saturated rings. The van der Waals surface area contributed by atoms with E-state index < -0.39 is 0 Å². The number of carbonyl (C=O) groups is 1. The molecule has 4 aromatic rings. The number of rotatable bonds is 6. The fourth-order valence-corrected chi connectivity index (χ4v) is 3.50. The molecule has 1 amide bonds. The van der Waals surface area contributed by atoms with E-state index in [4.69, 9.17) is 13.9 Å². The molecule has 6 heteroatoms. The summed E-state index contributed by atoms with van der Waals surface area (Å²) >= 11 is 0. The van der Waals surface area contributed by atoms with E-state index in [0.29, 0.717) is 35.7 Å². The van der Waals surface area contributed by atoms with E-state index in [2.05, 4.69) is 5.32 Å². The highest BCUT2D eigenvalue weighted by Crippen LogP contribution is 2.30. The number of benzene rings is 2. The van der Waals surface area contributed by atoms with Crippen LogP contribution in [0.2, 0.25) is 0 Å². The van der Waals surface area contributed by atoms with Gasteiger partial charge in [0, 0.05) is 25.0 Å². The van der Waals surface area contributed by atoms with Crippen molar-refractivity contribution in [3.05, 3.63) is 59.8 Å². The van der Waals surface area contributed by atoms with Crippen LogP contribution in [0.25, 0.3) is 22.1 Å². The normalized spacial score (nSPS) is 11.1. The largest absolute Gasteiger partial charge is 0.493 e. The van der Waals surface area contributed by atoms with Crippen LogP contribution < -0.4 is 14.8 Å². The second kappa shape index (κ2) is 7.31. The maximum Gasteiger partial charge on any atom is 0.268 e. The summed E-state index contributed by atoms with van der Waals surface area (Å²) in [6.45, 7) is 0.515. The predicted octanol–water partition coefficient (Wildman–Crippen LogP) is 3.91. The molecule has 0 bridgehead atoms. The molecule has 0 aliphatic carbocycles. The molecule has 6 nitrogen and oxygen atoms in total. The molecule has 0 saturated heterocycles. The van der Waals surface area contributed by atoms with Gasteiger partial charge < -0.3 is 23.8 Å². The summed E-state index contributed by atoms with van der Waals surface area (Å²) in [4.78, 5) is 12.7. The Morgan fingerprint density at radius 1 is 1.04 bits per heavy atom. The summed E-state index contributed by atoms with van der Waals surface area (Å²) in [5.41, 5.74) is 4.11. The minimum Gasteiger partial charge on any atom is -0.493 e. The van der Waals surface area contributed by atoms with Gasteiger partial charge in [0.05, 0.1) is 19.7 Å². The van der Waals surface area contributed by atoms with Crippen molar-refractivity contribution in [2.45, 2.75) is 6.42 Å². The first kappa shape index (κ1) is 18.0. The number of nitrogens with zero attached hydrogens (tertiary/aromatic N) is 1. The average molecular weight is 378 g/mol. The Balaban J connectivity index is 1.48. The van der Waals surface area contributed by atoms with Crippen LogP contribution >= 0.6 is 0 Å². The van der Waals surface area contributed by atoms with Crippen LogP contribution in [0.15, 0.2) is 52.9 Å².